The van der Waals surface area contributed by atoms with E-state index in [0.29, 0.717) is 13.0 Å². The summed E-state index contributed by atoms with van der Waals surface area (Å²) in [5.41, 5.74) is 7.10. The number of alkyl carbamates (subject to hydrolysis) is 1. The molecule has 0 heterocycles. The first-order valence-electron chi connectivity index (χ1n) is 8.68. The molecular formula is C20H24N2O5. The van der Waals surface area contributed by atoms with Crippen molar-refractivity contribution in [1.82, 2.24) is 5.32 Å². The predicted molar refractivity (Wildman–Crippen MR) is 99.4 cm³/mol. The summed E-state index contributed by atoms with van der Waals surface area (Å²) in [5, 5.41) is 2.38. The van der Waals surface area contributed by atoms with Gasteiger partial charge in [-0.2, -0.15) is 0 Å². The summed E-state index contributed by atoms with van der Waals surface area (Å²) in [6.07, 6.45) is -1.49. The van der Waals surface area contributed by atoms with Crippen molar-refractivity contribution in [3.63, 3.8) is 0 Å². The Morgan fingerprint density at radius 2 is 1.44 bits per heavy atom. The molecule has 0 bridgehead atoms. The molecule has 0 aliphatic rings. The maximum absolute atomic E-state index is 12.3. The summed E-state index contributed by atoms with van der Waals surface area (Å²) >= 11 is 0. The third-order valence-electron chi connectivity index (χ3n) is 3.53. The van der Waals surface area contributed by atoms with Crippen LogP contribution in [-0.4, -0.2) is 31.4 Å². The monoisotopic (exact) mass is 372 g/mol. The van der Waals surface area contributed by atoms with Crippen molar-refractivity contribution in [2.24, 2.45) is 5.73 Å². The number of ether oxygens (including phenoxy) is 3. The predicted octanol–water partition coefficient (Wildman–Crippen LogP) is 2.35. The van der Waals surface area contributed by atoms with E-state index in [2.05, 4.69) is 5.32 Å². The van der Waals surface area contributed by atoms with Crippen LogP contribution in [-0.2, 0) is 32.2 Å². The molecule has 1 amide bonds. The number of hydrogen-bond acceptors (Lipinski definition) is 6. The summed E-state index contributed by atoms with van der Waals surface area (Å²) in [6.45, 7) is 0.781. The Morgan fingerprint density at radius 3 is 2.00 bits per heavy atom. The van der Waals surface area contributed by atoms with Crippen molar-refractivity contribution in [3.05, 3.63) is 71.8 Å². The highest BCUT2D eigenvalue weighted by molar-refractivity contribution is 5.80. The van der Waals surface area contributed by atoms with E-state index in [0.717, 1.165) is 11.1 Å². The number of amides is 1. The number of hydrogen-bond donors (Lipinski definition) is 2. The molecule has 0 unspecified atom stereocenters. The van der Waals surface area contributed by atoms with Crippen LogP contribution in [0.15, 0.2) is 60.7 Å². The van der Waals surface area contributed by atoms with Crippen molar-refractivity contribution in [2.75, 3.05) is 13.2 Å². The number of carbonyl (C=O) groups excluding carboxylic acids is 2. The Bertz CT molecular complexity index is 694. The molecule has 3 N–H and O–H groups in total. The topological polar surface area (TPSA) is 99.9 Å². The molecule has 7 heteroatoms. The fourth-order valence-corrected chi connectivity index (χ4v) is 2.13. The minimum Gasteiger partial charge on any atom is -0.457 e. The van der Waals surface area contributed by atoms with Gasteiger partial charge in [-0.05, 0) is 24.1 Å². The van der Waals surface area contributed by atoms with Crippen LogP contribution in [0.1, 0.15) is 17.5 Å². The standard InChI is InChI=1S/C20H24N2O5/c21-12-7-13-25-18(19(23)26-14-16-8-3-1-4-9-16)22-20(24)27-15-17-10-5-2-6-11-17/h1-6,8-11,18H,7,12-15,21H2,(H,22,24)/t18-/m0/s1. The van der Waals surface area contributed by atoms with Crippen molar-refractivity contribution in [1.29, 1.82) is 0 Å². The Morgan fingerprint density at radius 1 is 0.889 bits per heavy atom. The SMILES string of the molecule is NCCCO[C@H](NC(=O)OCc1ccccc1)C(=O)OCc1ccccc1. The molecule has 1 atom stereocenters. The number of nitrogens with two attached hydrogens (primary N) is 1. The van der Waals surface area contributed by atoms with Crippen LogP contribution in [0, 0.1) is 0 Å². The third kappa shape index (κ3) is 7.89. The van der Waals surface area contributed by atoms with Gasteiger partial charge in [0.15, 0.2) is 0 Å². The van der Waals surface area contributed by atoms with E-state index in [1.807, 2.05) is 60.7 Å². The molecule has 0 fully saturated rings. The van der Waals surface area contributed by atoms with Gasteiger partial charge in [0.25, 0.3) is 0 Å². The normalized spacial score (nSPS) is 11.4. The molecule has 2 aromatic rings. The van der Waals surface area contributed by atoms with E-state index >= 15 is 0 Å². The molecule has 0 aliphatic heterocycles. The van der Waals surface area contributed by atoms with Gasteiger partial charge in [-0.25, -0.2) is 9.59 Å². The van der Waals surface area contributed by atoms with Gasteiger partial charge in [-0.3, -0.25) is 5.32 Å². The van der Waals surface area contributed by atoms with Crippen molar-refractivity contribution < 1.29 is 23.8 Å². The molecule has 0 aromatic heterocycles. The summed E-state index contributed by atoms with van der Waals surface area (Å²) in [4.78, 5) is 24.3. The van der Waals surface area contributed by atoms with Gasteiger partial charge in [-0.1, -0.05) is 60.7 Å². The second-order valence-corrected chi connectivity index (χ2v) is 5.69. The first-order chi connectivity index (χ1) is 13.2. The summed E-state index contributed by atoms with van der Waals surface area (Å²) in [5.74, 6) is -0.701. The average Bonchev–Trinajstić information content (AvgIpc) is 2.71. The van der Waals surface area contributed by atoms with Gasteiger partial charge in [-0.15, -0.1) is 0 Å². The number of carbonyl (C=O) groups is 2. The largest absolute Gasteiger partial charge is 0.457 e. The fourth-order valence-electron chi connectivity index (χ4n) is 2.13. The maximum atomic E-state index is 12.3. The highest BCUT2D eigenvalue weighted by Gasteiger charge is 2.24. The first kappa shape index (κ1) is 20.4. The number of benzene rings is 2. The summed E-state index contributed by atoms with van der Waals surface area (Å²) < 4.78 is 15.7. The van der Waals surface area contributed by atoms with E-state index < -0.39 is 18.3 Å². The lowest BCUT2D eigenvalue weighted by Crippen LogP contribution is -2.44. The van der Waals surface area contributed by atoms with Crippen molar-refractivity contribution >= 4 is 12.1 Å². The Hall–Kier alpha value is -2.90. The highest BCUT2D eigenvalue weighted by atomic mass is 16.6. The van der Waals surface area contributed by atoms with Gasteiger partial charge in [0.1, 0.15) is 13.2 Å². The molecule has 0 spiro atoms. The van der Waals surface area contributed by atoms with E-state index in [4.69, 9.17) is 19.9 Å². The summed E-state index contributed by atoms with van der Waals surface area (Å²) in [7, 11) is 0. The number of rotatable bonds is 10. The Kier molecular flexibility index (Phi) is 8.82. The van der Waals surface area contributed by atoms with Crippen LogP contribution in [0.4, 0.5) is 4.79 Å². The lowest BCUT2D eigenvalue weighted by atomic mass is 10.2. The van der Waals surface area contributed by atoms with E-state index in [1.54, 1.807) is 0 Å². The molecule has 144 valence electrons. The van der Waals surface area contributed by atoms with Gasteiger partial charge in [0.05, 0.1) is 6.61 Å². The summed E-state index contributed by atoms with van der Waals surface area (Å²) in [6, 6.07) is 18.4. The maximum Gasteiger partial charge on any atom is 0.409 e. The van der Waals surface area contributed by atoms with Crippen LogP contribution in [0.5, 0.6) is 0 Å². The lowest BCUT2D eigenvalue weighted by Gasteiger charge is -2.18. The van der Waals surface area contributed by atoms with Crippen LogP contribution in [0.25, 0.3) is 0 Å². The second-order valence-electron chi connectivity index (χ2n) is 5.69. The zero-order valence-electron chi connectivity index (χ0n) is 15.0. The molecule has 0 radical (unpaired) electrons. The average molecular weight is 372 g/mol. The van der Waals surface area contributed by atoms with Gasteiger partial charge in [0, 0.05) is 0 Å². The molecule has 0 saturated heterocycles. The van der Waals surface area contributed by atoms with Crippen LogP contribution in [0.3, 0.4) is 0 Å². The molecule has 27 heavy (non-hydrogen) atoms. The Balaban J connectivity index is 1.85. The lowest BCUT2D eigenvalue weighted by molar-refractivity contribution is -0.160. The molecule has 0 aliphatic carbocycles. The first-order valence-corrected chi connectivity index (χ1v) is 8.68. The van der Waals surface area contributed by atoms with Gasteiger partial charge >= 0.3 is 12.1 Å². The zero-order chi connectivity index (χ0) is 19.3. The highest BCUT2D eigenvalue weighted by Crippen LogP contribution is 2.04. The van der Waals surface area contributed by atoms with Crippen LogP contribution in [0.2, 0.25) is 0 Å². The van der Waals surface area contributed by atoms with E-state index in [-0.39, 0.29) is 19.8 Å². The van der Waals surface area contributed by atoms with Gasteiger partial charge < -0.3 is 19.9 Å². The van der Waals surface area contributed by atoms with E-state index in [9.17, 15) is 9.59 Å². The van der Waals surface area contributed by atoms with Crippen LogP contribution >= 0.6 is 0 Å². The molecule has 0 saturated carbocycles. The van der Waals surface area contributed by atoms with Gasteiger partial charge in [0.2, 0.25) is 6.23 Å². The zero-order valence-corrected chi connectivity index (χ0v) is 15.0. The smallest absolute Gasteiger partial charge is 0.409 e. The quantitative estimate of drug-likeness (QED) is 0.377. The molecule has 7 nitrogen and oxygen atoms in total. The van der Waals surface area contributed by atoms with Crippen molar-refractivity contribution in [2.45, 2.75) is 25.9 Å². The second kappa shape index (κ2) is 11.7. The Labute approximate surface area is 158 Å². The number of esters is 1. The molecule has 2 aromatic carbocycles. The minimum atomic E-state index is -1.26. The molecule has 2 rings (SSSR count). The van der Waals surface area contributed by atoms with E-state index in [1.165, 1.54) is 0 Å². The fraction of sp³-hybridized carbons (Fsp3) is 0.300. The third-order valence-corrected chi connectivity index (χ3v) is 3.53. The van der Waals surface area contributed by atoms with Crippen LogP contribution < -0.4 is 11.1 Å². The number of nitrogens with one attached hydrogen (secondary N) is 1. The minimum absolute atomic E-state index is 0.0805. The molecular weight excluding hydrogens is 348 g/mol. The van der Waals surface area contributed by atoms with Crippen molar-refractivity contribution in [3.8, 4) is 0 Å².